The van der Waals surface area contributed by atoms with Gasteiger partial charge in [-0.2, -0.15) is 8.78 Å². The van der Waals surface area contributed by atoms with Crippen molar-refractivity contribution in [2.45, 2.75) is 13.5 Å². The number of rotatable bonds is 3. The van der Waals surface area contributed by atoms with Gasteiger partial charge in [0.2, 0.25) is 0 Å². The van der Waals surface area contributed by atoms with Crippen LogP contribution in [-0.4, -0.2) is 19.7 Å². The third-order valence-electron chi connectivity index (χ3n) is 1.86. The number of alkyl halides is 2. The molecule has 0 bridgehead atoms. The van der Waals surface area contributed by atoms with Gasteiger partial charge in [-0.1, -0.05) is 0 Å². The molecule has 0 aliphatic carbocycles. The van der Waals surface area contributed by atoms with Crippen LogP contribution in [0, 0.1) is 6.92 Å². The van der Waals surface area contributed by atoms with Gasteiger partial charge in [-0.15, -0.1) is 0 Å². The number of esters is 1. The average molecular weight is 295 g/mol. The number of aryl methyl sites for hydroxylation is 1. The van der Waals surface area contributed by atoms with E-state index in [1.807, 2.05) is 0 Å². The van der Waals surface area contributed by atoms with E-state index in [0.717, 1.165) is 0 Å². The Hall–Kier alpha value is -1.17. The van der Waals surface area contributed by atoms with Crippen LogP contribution in [0.25, 0.3) is 0 Å². The summed E-state index contributed by atoms with van der Waals surface area (Å²) in [5, 5.41) is 0. The van der Waals surface area contributed by atoms with Gasteiger partial charge in [0.05, 0.1) is 17.1 Å². The molecular weight excluding hydrogens is 286 g/mol. The first-order valence-corrected chi connectivity index (χ1v) is 5.08. The van der Waals surface area contributed by atoms with Crippen LogP contribution in [0.3, 0.4) is 0 Å². The van der Waals surface area contributed by atoms with Crippen molar-refractivity contribution in [2.75, 3.05) is 7.11 Å². The Morgan fingerprint density at radius 2 is 2.06 bits per heavy atom. The van der Waals surface area contributed by atoms with Crippen molar-refractivity contribution < 1.29 is 23.0 Å². The predicted octanol–water partition coefficient (Wildman–Crippen LogP) is 3.15. The highest BCUT2D eigenvalue weighted by Crippen LogP contribution is 2.31. The summed E-state index contributed by atoms with van der Waals surface area (Å²) in [6.45, 7) is -1.28. The van der Waals surface area contributed by atoms with Gasteiger partial charge < -0.3 is 9.47 Å². The lowest BCUT2D eigenvalue weighted by atomic mass is 10.1. The van der Waals surface area contributed by atoms with Gasteiger partial charge in [-0.3, -0.25) is 0 Å². The Labute approximate surface area is 99.5 Å². The fourth-order valence-electron chi connectivity index (χ4n) is 1.15. The lowest BCUT2D eigenvalue weighted by molar-refractivity contribution is -0.0504. The number of hydrogen-bond donors (Lipinski definition) is 0. The maximum absolute atomic E-state index is 12.1. The molecule has 6 heteroatoms. The number of ether oxygens (including phenoxy) is 2. The van der Waals surface area contributed by atoms with E-state index in [1.54, 1.807) is 6.92 Å². The van der Waals surface area contributed by atoms with Gasteiger partial charge in [0, 0.05) is 0 Å². The second kappa shape index (κ2) is 5.25. The van der Waals surface area contributed by atoms with Gasteiger partial charge in [0.15, 0.2) is 0 Å². The zero-order chi connectivity index (χ0) is 12.3. The molecular formula is C10H9BrF2O3. The molecule has 0 aliphatic rings. The number of hydrogen-bond acceptors (Lipinski definition) is 3. The van der Waals surface area contributed by atoms with E-state index in [-0.39, 0.29) is 11.3 Å². The van der Waals surface area contributed by atoms with Crippen molar-refractivity contribution in [3.63, 3.8) is 0 Å². The van der Waals surface area contributed by atoms with Crippen molar-refractivity contribution in [3.8, 4) is 5.75 Å². The number of carbonyl (C=O) groups excluding carboxylic acids is 1. The largest absolute Gasteiger partial charge is 0.465 e. The summed E-state index contributed by atoms with van der Waals surface area (Å²) in [6.07, 6.45) is 0. The summed E-state index contributed by atoms with van der Waals surface area (Å²) in [6, 6.07) is 2.73. The molecule has 0 saturated heterocycles. The fraction of sp³-hybridized carbons (Fsp3) is 0.300. The molecule has 0 unspecified atom stereocenters. The first kappa shape index (κ1) is 12.9. The van der Waals surface area contributed by atoms with Crippen molar-refractivity contribution >= 4 is 21.9 Å². The molecule has 0 fully saturated rings. The minimum Gasteiger partial charge on any atom is -0.465 e. The Kier molecular flexibility index (Phi) is 4.23. The monoisotopic (exact) mass is 294 g/mol. The molecule has 0 spiro atoms. The molecule has 0 amide bonds. The molecule has 0 N–H and O–H groups in total. The van der Waals surface area contributed by atoms with Crippen LogP contribution in [0.1, 0.15) is 15.9 Å². The molecule has 1 aromatic carbocycles. The van der Waals surface area contributed by atoms with Crippen molar-refractivity contribution in [3.05, 3.63) is 27.7 Å². The number of methoxy groups -OCH3 is 1. The Morgan fingerprint density at radius 3 is 2.56 bits per heavy atom. The van der Waals surface area contributed by atoms with Crippen LogP contribution in [0.15, 0.2) is 16.6 Å². The quantitative estimate of drug-likeness (QED) is 0.804. The van der Waals surface area contributed by atoms with Gasteiger partial charge >= 0.3 is 12.6 Å². The molecule has 0 saturated carbocycles. The maximum Gasteiger partial charge on any atom is 0.387 e. The molecule has 0 radical (unpaired) electrons. The minimum atomic E-state index is -2.94. The van der Waals surface area contributed by atoms with E-state index in [0.29, 0.717) is 10.0 Å². The fourth-order valence-corrected chi connectivity index (χ4v) is 1.48. The first-order chi connectivity index (χ1) is 7.45. The zero-order valence-corrected chi connectivity index (χ0v) is 10.2. The summed E-state index contributed by atoms with van der Waals surface area (Å²) in [4.78, 5) is 11.2. The molecule has 0 aromatic heterocycles. The normalized spacial score (nSPS) is 10.4. The average Bonchev–Trinajstić information content (AvgIpc) is 2.22. The molecule has 3 nitrogen and oxygen atoms in total. The van der Waals surface area contributed by atoms with Crippen molar-refractivity contribution in [1.82, 2.24) is 0 Å². The lowest BCUT2D eigenvalue weighted by Gasteiger charge is -2.10. The summed E-state index contributed by atoms with van der Waals surface area (Å²) >= 11 is 3.10. The van der Waals surface area contributed by atoms with Gasteiger partial charge in [-0.25, -0.2) is 4.79 Å². The number of halogens is 3. The Bertz CT molecular complexity index is 407. The standard InChI is InChI=1S/C10H9BrF2O3/c1-5-3-6(9(14)15-2)4-7(8(5)11)16-10(12)13/h3-4,10H,1-2H3. The van der Waals surface area contributed by atoms with Gasteiger partial charge in [-0.05, 0) is 40.5 Å². The maximum atomic E-state index is 12.1. The molecule has 16 heavy (non-hydrogen) atoms. The summed E-state index contributed by atoms with van der Waals surface area (Å²) in [7, 11) is 1.22. The second-order valence-electron chi connectivity index (χ2n) is 2.98. The Balaban J connectivity index is 3.16. The number of carbonyl (C=O) groups is 1. The van der Waals surface area contributed by atoms with E-state index in [1.165, 1.54) is 19.2 Å². The lowest BCUT2D eigenvalue weighted by Crippen LogP contribution is -2.06. The van der Waals surface area contributed by atoms with E-state index in [2.05, 4.69) is 25.4 Å². The third kappa shape index (κ3) is 2.91. The summed E-state index contributed by atoms with van der Waals surface area (Å²) < 4.78 is 33.3. The van der Waals surface area contributed by atoms with Crippen LogP contribution in [0.4, 0.5) is 8.78 Å². The highest BCUT2D eigenvalue weighted by atomic mass is 79.9. The Morgan fingerprint density at radius 1 is 1.44 bits per heavy atom. The highest BCUT2D eigenvalue weighted by Gasteiger charge is 2.15. The van der Waals surface area contributed by atoms with E-state index < -0.39 is 12.6 Å². The molecule has 1 aromatic rings. The summed E-state index contributed by atoms with van der Waals surface area (Å²) in [5.74, 6) is -0.690. The molecule has 0 heterocycles. The molecule has 0 aliphatic heterocycles. The minimum absolute atomic E-state index is 0.0876. The van der Waals surface area contributed by atoms with Crippen molar-refractivity contribution in [1.29, 1.82) is 0 Å². The van der Waals surface area contributed by atoms with Crippen LogP contribution in [0.2, 0.25) is 0 Å². The van der Waals surface area contributed by atoms with E-state index >= 15 is 0 Å². The molecule has 1 rings (SSSR count). The van der Waals surface area contributed by atoms with Crippen LogP contribution < -0.4 is 4.74 Å². The van der Waals surface area contributed by atoms with Crippen LogP contribution in [-0.2, 0) is 4.74 Å². The van der Waals surface area contributed by atoms with Crippen LogP contribution >= 0.6 is 15.9 Å². The van der Waals surface area contributed by atoms with Crippen molar-refractivity contribution in [2.24, 2.45) is 0 Å². The summed E-state index contributed by atoms with van der Waals surface area (Å²) in [5.41, 5.74) is 0.775. The zero-order valence-electron chi connectivity index (χ0n) is 8.59. The van der Waals surface area contributed by atoms with Crippen LogP contribution in [0.5, 0.6) is 5.75 Å². The molecule has 88 valence electrons. The third-order valence-corrected chi connectivity index (χ3v) is 2.87. The predicted molar refractivity (Wildman–Crippen MR) is 56.9 cm³/mol. The van der Waals surface area contributed by atoms with E-state index in [9.17, 15) is 13.6 Å². The smallest absolute Gasteiger partial charge is 0.387 e. The topological polar surface area (TPSA) is 35.5 Å². The number of benzene rings is 1. The SMILES string of the molecule is COC(=O)c1cc(C)c(Br)c(OC(F)F)c1. The first-order valence-electron chi connectivity index (χ1n) is 4.29. The molecule has 0 atom stereocenters. The van der Waals surface area contributed by atoms with Gasteiger partial charge in [0.1, 0.15) is 5.75 Å². The second-order valence-corrected chi connectivity index (χ2v) is 3.77. The van der Waals surface area contributed by atoms with E-state index in [4.69, 9.17) is 0 Å². The van der Waals surface area contributed by atoms with Gasteiger partial charge in [0.25, 0.3) is 0 Å². The highest BCUT2D eigenvalue weighted by molar-refractivity contribution is 9.10.